The number of hydrogen-bond donors (Lipinski definition) is 0. The van der Waals surface area contributed by atoms with E-state index < -0.39 is 8.07 Å². The maximum absolute atomic E-state index is 6.61. The van der Waals surface area contributed by atoms with Gasteiger partial charge in [0.05, 0.1) is 13.7 Å². The van der Waals surface area contributed by atoms with Crippen LogP contribution in [-0.4, -0.2) is 18.0 Å². The van der Waals surface area contributed by atoms with Crippen LogP contribution in [0.1, 0.15) is 76.6 Å². The summed E-state index contributed by atoms with van der Waals surface area (Å²) >= 11 is 0. The van der Waals surface area contributed by atoms with Crippen LogP contribution in [-0.2, 0) is 30.9 Å². The van der Waals surface area contributed by atoms with E-state index in [1.807, 2.05) is 42.7 Å². The Hall–Kier alpha value is -4.93. The number of furan rings is 1. The van der Waals surface area contributed by atoms with E-state index in [0.29, 0.717) is 0 Å². The van der Waals surface area contributed by atoms with Crippen molar-refractivity contribution in [1.29, 1.82) is 0 Å². The maximum Gasteiger partial charge on any atom is 0.121 e. The quantitative estimate of drug-likeness (QED) is 0.123. The van der Waals surface area contributed by atoms with Crippen molar-refractivity contribution in [1.82, 2.24) is 9.97 Å². The fourth-order valence-corrected chi connectivity index (χ4v) is 8.14. The molecule has 1 atom stereocenters. The summed E-state index contributed by atoms with van der Waals surface area (Å²) in [5.74, 6) is 0.261. The molecule has 0 N–H and O–H groups in total. The van der Waals surface area contributed by atoms with Crippen LogP contribution in [0.3, 0.4) is 0 Å². The first kappa shape index (κ1) is 42.7. The Morgan fingerprint density at radius 2 is 1.31 bits per heavy atom. The van der Waals surface area contributed by atoms with Gasteiger partial charge in [0.15, 0.2) is 0 Å². The van der Waals surface area contributed by atoms with Gasteiger partial charge in [0, 0.05) is 43.8 Å². The van der Waals surface area contributed by atoms with E-state index in [-0.39, 0.29) is 36.9 Å². The molecule has 8 rings (SSSR count). The average molecular weight is 955 g/mol. The Morgan fingerprint density at radius 3 is 1.93 bits per heavy atom. The molecule has 0 bridgehead atoms. The van der Waals surface area contributed by atoms with Gasteiger partial charge in [-0.2, -0.15) is 0 Å². The first-order chi connectivity index (χ1) is 27.1. The Morgan fingerprint density at radius 1 is 0.603 bits per heavy atom. The molecule has 58 heavy (non-hydrogen) atoms. The van der Waals surface area contributed by atoms with E-state index in [9.17, 15) is 0 Å². The van der Waals surface area contributed by atoms with Crippen molar-refractivity contribution in [2.45, 2.75) is 84.9 Å². The number of nitrogens with zero attached hydrogens (tertiary/aromatic N) is 2. The topological polar surface area (TPSA) is 38.9 Å². The zero-order chi connectivity index (χ0) is 40.5. The summed E-state index contributed by atoms with van der Waals surface area (Å²) in [7, 11) is -1.23. The molecule has 5 heteroatoms. The van der Waals surface area contributed by atoms with Gasteiger partial charge in [-0.15, -0.1) is 54.1 Å². The van der Waals surface area contributed by atoms with E-state index in [4.69, 9.17) is 9.40 Å². The van der Waals surface area contributed by atoms with E-state index in [0.717, 1.165) is 50.0 Å². The molecule has 0 spiro atoms. The van der Waals surface area contributed by atoms with Crippen LogP contribution in [0, 0.1) is 12.1 Å². The minimum Gasteiger partial charge on any atom is -0.501 e. The van der Waals surface area contributed by atoms with Gasteiger partial charge in [-0.1, -0.05) is 158 Å². The summed E-state index contributed by atoms with van der Waals surface area (Å²) in [5, 5.41) is 3.59. The minimum atomic E-state index is -1.23. The summed E-state index contributed by atoms with van der Waals surface area (Å²) in [6.07, 6.45) is 3.91. The van der Waals surface area contributed by atoms with Crippen LogP contribution >= 0.6 is 0 Å². The van der Waals surface area contributed by atoms with E-state index >= 15 is 0 Å². The summed E-state index contributed by atoms with van der Waals surface area (Å²) in [6, 6.07) is 51.5. The monoisotopic (exact) mass is 955 g/mol. The third-order valence-electron chi connectivity index (χ3n) is 10.9. The standard InChI is InChI=1S/C39H38NO.C14H16NSi.Ir/c1-25(26-12-9-8-10-13-26)27-18-19-40-35(22-27)34-15-11-14-33-32-17-16-28(23-36(32)41-37(33)34)29-20-30(38(2,3)4)24-31(21-29)39(5,6)7;1-16(2,3)13-9-10-14(15-11-13)12-7-5-4-6-8-12;/h8-14,16-25H,1-7H3;4-7,9-11H,1-3H3;/q2*-1;. The van der Waals surface area contributed by atoms with Crippen LogP contribution in [0.25, 0.3) is 55.6 Å². The number of pyridine rings is 2. The van der Waals surface area contributed by atoms with Gasteiger partial charge in [-0.25, -0.2) is 0 Å². The third-order valence-corrected chi connectivity index (χ3v) is 12.9. The second-order valence-corrected chi connectivity index (χ2v) is 23.4. The molecule has 0 aliphatic heterocycles. The van der Waals surface area contributed by atoms with E-state index in [2.05, 4.69) is 182 Å². The second kappa shape index (κ2) is 17.1. The van der Waals surface area contributed by atoms with Gasteiger partial charge < -0.3 is 14.4 Å². The minimum absolute atomic E-state index is 0. The molecular weight excluding hydrogens is 901 g/mol. The van der Waals surface area contributed by atoms with Crippen molar-refractivity contribution in [2.75, 3.05) is 0 Å². The first-order valence-corrected chi connectivity index (χ1v) is 23.5. The number of hydrogen-bond acceptors (Lipinski definition) is 3. The molecule has 1 unspecified atom stereocenters. The SMILES string of the molecule is CC(c1ccccc1)c1ccnc(-c2[c-]ccc3c2oc2cc(-c4cc(C(C)(C)C)cc(C(C)(C)C)c4)ccc23)c1.C[Si](C)(C)c1ccc(-c2[c-]cccc2)nc1.[Ir]. The predicted octanol–water partition coefficient (Wildman–Crippen LogP) is 14.0. The fraction of sp³-hybridized carbons (Fsp3) is 0.245. The van der Waals surface area contributed by atoms with Gasteiger partial charge in [0.25, 0.3) is 0 Å². The van der Waals surface area contributed by atoms with Crippen molar-refractivity contribution >= 4 is 35.2 Å². The predicted molar refractivity (Wildman–Crippen MR) is 244 cm³/mol. The molecule has 297 valence electrons. The molecule has 0 aliphatic rings. The van der Waals surface area contributed by atoms with Gasteiger partial charge in [-0.05, 0) is 72.9 Å². The summed E-state index contributed by atoms with van der Waals surface area (Å²) in [5.41, 5.74) is 13.2. The molecule has 0 saturated heterocycles. The van der Waals surface area contributed by atoms with Gasteiger partial charge in [0.2, 0.25) is 0 Å². The second-order valence-electron chi connectivity index (χ2n) is 18.3. The van der Waals surface area contributed by atoms with Crippen molar-refractivity contribution in [3.63, 3.8) is 0 Å². The van der Waals surface area contributed by atoms with Crippen LogP contribution in [0.5, 0.6) is 0 Å². The largest absolute Gasteiger partial charge is 0.501 e. The fourth-order valence-electron chi connectivity index (χ4n) is 7.11. The molecule has 5 aromatic carbocycles. The van der Waals surface area contributed by atoms with Crippen molar-refractivity contribution in [3.8, 4) is 33.6 Å². The first-order valence-electron chi connectivity index (χ1n) is 20.0. The molecule has 0 fully saturated rings. The van der Waals surface area contributed by atoms with E-state index in [1.165, 1.54) is 33.0 Å². The molecule has 8 aromatic rings. The van der Waals surface area contributed by atoms with Gasteiger partial charge in [0.1, 0.15) is 5.58 Å². The summed E-state index contributed by atoms with van der Waals surface area (Å²) in [4.78, 5) is 9.26. The maximum atomic E-state index is 6.61. The number of aromatic nitrogens is 2. The van der Waals surface area contributed by atoms with Crippen molar-refractivity contribution in [3.05, 3.63) is 174 Å². The van der Waals surface area contributed by atoms with Crippen LogP contribution < -0.4 is 5.19 Å². The molecule has 3 heterocycles. The molecule has 1 radical (unpaired) electrons. The van der Waals surface area contributed by atoms with E-state index in [1.54, 1.807) is 0 Å². The summed E-state index contributed by atoms with van der Waals surface area (Å²) < 4.78 is 6.61. The zero-order valence-corrected chi connectivity index (χ0v) is 38.9. The number of fused-ring (bicyclic) bond motifs is 3. The normalized spacial score (nSPS) is 12.4. The number of benzene rings is 5. The Bertz CT molecular complexity index is 2600. The molecule has 3 aromatic heterocycles. The molecular formula is C53H54IrN2OSi-2. The van der Waals surface area contributed by atoms with Crippen LogP contribution in [0.15, 0.2) is 144 Å². The Kier molecular flexibility index (Phi) is 12.6. The molecule has 0 aliphatic carbocycles. The van der Waals surface area contributed by atoms with Crippen molar-refractivity contribution < 1.29 is 24.5 Å². The van der Waals surface area contributed by atoms with Crippen LogP contribution in [0.4, 0.5) is 0 Å². The molecule has 0 saturated carbocycles. The van der Waals surface area contributed by atoms with Gasteiger partial charge >= 0.3 is 0 Å². The zero-order valence-electron chi connectivity index (χ0n) is 35.5. The summed E-state index contributed by atoms with van der Waals surface area (Å²) in [6.45, 7) is 22.9. The third kappa shape index (κ3) is 9.50. The molecule has 0 amide bonds. The van der Waals surface area contributed by atoms with Crippen LogP contribution in [0.2, 0.25) is 19.6 Å². The van der Waals surface area contributed by atoms with Gasteiger partial charge in [-0.3, -0.25) is 0 Å². The Balaban J connectivity index is 0.000000280. The Labute approximate surface area is 360 Å². The number of rotatable bonds is 6. The van der Waals surface area contributed by atoms with Crippen molar-refractivity contribution in [2.24, 2.45) is 0 Å². The smallest absolute Gasteiger partial charge is 0.121 e. The average Bonchev–Trinajstić information content (AvgIpc) is 3.59. The molecule has 3 nitrogen and oxygen atoms in total.